The number of rotatable bonds is 5. The van der Waals surface area contributed by atoms with E-state index in [2.05, 4.69) is 4.98 Å². The van der Waals surface area contributed by atoms with Crippen LogP contribution in [-0.4, -0.2) is 56.9 Å². The topological polar surface area (TPSA) is 67.7 Å². The fourth-order valence-corrected chi connectivity index (χ4v) is 6.28. The number of methoxy groups -OCH3 is 1. The second-order valence-electron chi connectivity index (χ2n) is 10.1. The summed E-state index contributed by atoms with van der Waals surface area (Å²) in [5.74, 6) is 0.0797. The number of carbonyl (C=O) groups is 2. The molecule has 2 aliphatic heterocycles. The van der Waals surface area contributed by atoms with Gasteiger partial charge < -0.3 is 19.1 Å². The van der Waals surface area contributed by atoms with Crippen molar-refractivity contribution in [1.29, 1.82) is 0 Å². The zero-order valence-corrected chi connectivity index (χ0v) is 21.8. The molecule has 2 unspecified atom stereocenters. The van der Waals surface area contributed by atoms with Crippen LogP contribution < -0.4 is 4.74 Å². The molecule has 2 saturated heterocycles. The Bertz CT molecular complexity index is 1320. The van der Waals surface area contributed by atoms with Crippen LogP contribution in [0.25, 0.3) is 5.69 Å². The molecule has 7 nitrogen and oxygen atoms in total. The van der Waals surface area contributed by atoms with Crippen LogP contribution in [0.1, 0.15) is 61.9 Å². The van der Waals surface area contributed by atoms with Gasteiger partial charge in [0.1, 0.15) is 17.1 Å². The molecule has 0 saturated carbocycles. The molecule has 0 N–H and O–H groups in total. The average Bonchev–Trinajstić information content (AvgIpc) is 3.49. The number of carbonyl (C=O) groups excluding carboxylic acids is 2. The van der Waals surface area contributed by atoms with Crippen LogP contribution in [0.15, 0.2) is 55.0 Å². The third-order valence-electron chi connectivity index (χ3n) is 8.08. The first-order chi connectivity index (χ1) is 17.8. The van der Waals surface area contributed by atoms with Gasteiger partial charge >= 0.3 is 0 Å². The van der Waals surface area contributed by atoms with Gasteiger partial charge in [0, 0.05) is 32.1 Å². The summed E-state index contributed by atoms with van der Waals surface area (Å²) in [5.41, 5.74) is 2.66. The fraction of sp³-hybridized carbons (Fsp3) is 0.414. The molecule has 0 bridgehead atoms. The van der Waals surface area contributed by atoms with E-state index in [1.807, 2.05) is 47.7 Å². The predicted molar refractivity (Wildman–Crippen MR) is 138 cm³/mol. The lowest BCUT2D eigenvalue weighted by molar-refractivity contribution is -0.157. The Balaban J connectivity index is 1.54. The molecule has 2 fully saturated rings. The molecule has 8 heteroatoms. The van der Waals surface area contributed by atoms with Gasteiger partial charge in [0.15, 0.2) is 0 Å². The number of imidazole rings is 1. The lowest BCUT2D eigenvalue weighted by atomic mass is 9.73. The number of likely N-dealkylation sites (tertiary alicyclic amines) is 2. The maximum absolute atomic E-state index is 14.4. The van der Waals surface area contributed by atoms with Crippen molar-refractivity contribution in [3.8, 4) is 11.4 Å². The Kier molecular flexibility index (Phi) is 6.52. The molecule has 194 valence electrons. The van der Waals surface area contributed by atoms with E-state index in [0.717, 1.165) is 28.9 Å². The minimum absolute atomic E-state index is 0.0402. The minimum Gasteiger partial charge on any atom is -0.495 e. The monoisotopic (exact) mass is 504 g/mol. The van der Waals surface area contributed by atoms with E-state index < -0.39 is 5.54 Å². The van der Waals surface area contributed by atoms with E-state index in [-0.39, 0.29) is 29.6 Å². The van der Waals surface area contributed by atoms with Gasteiger partial charge in [0.05, 0.1) is 30.9 Å². The Hall–Kier alpha value is -3.68. The Morgan fingerprint density at radius 1 is 1.19 bits per heavy atom. The maximum Gasteiger partial charge on any atom is 0.249 e. The molecule has 2 aromatic carbocycles. The zero-order chi connectivity index (χ0) is 26.3. The normalized spacial score (nSPS) is 22.5. The molecule has 5 rings (SSSR count). The largest absolute Gasteiger partial charge is 0.495 e. The number of amides is 2. The number of aryl methyl sites for hydroxylation is 1. The summed E-state index contributed by atoms with van der Waals surface area (Å²) in [6, 6.07) is 12.1. The van der Waals surface area contributed by atoms with Crippen molar-refractivity contribution in [3.63, 3.8) is 0 Å². The smallest absolute Gasteiger partial charge is 0.249 e. The van der Waals surface area contributed by atoms with Gasteiger partial charge in [0.2, 0.25) is 11.8 Å². The minimum atomic E-state index is -0.962. The van der Waals surface area contributed by atoms with Crippen LogP contribution >= 0.6 is 0 Å². The van der Waals surface area contributed by atoms with Crippen LogP contribution in [0.3, 0.4) is 0 Å². The van der Waals surface area contributed by atoms with E-state index in [0.29, 0.717) is 31.7 Å². The van der Waals surface area contributed by atoms with E-state index in [4.69, 9.17) is 4.74 Å². The third kappa shape index (κ3) is 4.18. The second kappa shape index (κ2) is 9.65. The van der Waals surface area contributed by atoms with Crippen LogP contribution in [0.4, 0.5) is 4.39 Å². The number of piperidine rings is 1. The maximum atomic E-state index is 14.4. The quantitative estimate of drug-likeness (QED) is 0.501. The molecule has 2 aliphatic rings. The number of hydrogen-bond acceptors (Lipinski definition) is 4. The molecule has 3 atom stereocenters. The first-order valence-corrected chi connectivity index (χ1v) is 12.8. The van der Waals surface area contributed by atoms with Crippen molar-refractivity contribution in [3.05, 3.63) is 77.6 Å². The standard InChI is InChI=1S/C29H33FN4O3/c1-19-17-32(18-31-19)26-11-8-23(16-27(26)37-4)25-12-15-34(21(3)35)29(25)13-5-14-33(28(29)36)20(2)22-6-9-24(30)10-7-22/h6-11,16-18,20,25H,5,12-15H2,1-4H3/t20-,25?,29?/m0/s1. The molecule has 3 heterocycles. The SMILES string of the molecule is COc1cc(C2CCN(C(C)=O)C23CCCN([C@@H](C)c2ccc(F)cc2)C3=O)ccc1-n1cnc(C)c1. The highest BCUT2D eigenvalue weighted by Gasteiger charge is 2.58. The average molecular weight is 505 g/mol. The van der Waals surface area contributed by atoms with Gasteiger partial charge in [-0.25, -0.2) is 9.37 Å². The highest BCUT2D eigenvalue weighted by atomic mass is 19.1. The van der Waals surface area contributed by atoms with Crippen molar-refractivity contribution in [2.45, 2.75) is 57.5 Å². The van der Waals surface area contributed by atoms with Gasteiger partial charge in [-0.3, -0.25) is 9.59 Å². The van der Waals surface area contributed by atoms with E-state index >= 15 is 0 Å². The van der Waals surface area contributed by atoms with Gasteiger partial charge in [-0.2, -0.15) is 0 Å². The lowest BCUT2D eigenvalue weighted by Crippen LogP contribution is -2.63. The lowest BCUT2D eigenvalue weighted by Gasteiger charge is -2.49. The fourth-order valence-electron chi connectivity index (χ4n) is 6.28. The first kappa shape index (κ1) is 25.0. The van der Waals surface area contributed by atoms with Crippen molar-refractivity contribution in [2.24, 2.45) is 0 Å². The number of aromatic nitrogens is 2. The number of nitrogens with zero attached hydrogens (tertiary/aromatic N) is 4. The van der Waals surface area contributed by atoms with Crippen molar-refractivity contribution < 1.29 is 18.7 Å². The highest BCUT2D eigenvalue weighted by molar-refractivity contribution is 5.94. The molecule has 2 amide bonds. The molecule has 0 radical (unpaired) electrons. The van der Waals surface area contributed by atoms with Gasteiger partial charge in [-0.05, 0) is 68.5 Å². The zero-order valence-electron chi connectivity index (χ0n) is 21.8. The van der Waals surface area contributed by atoms with Crippen LogP contribution in [-0.2, 0) is 9.59 Å². The summed E-state index contributed by atoms with van der Waals surface area (Å²) in [6.45, 7) is 6.57. The number of hydrogen-bond donors (Lipinski definition) is 0. The van der Waals surface area contributed by atoms with Crippen molar-refractivity contribution >= 4 is 11.8 Å². The van der Waals surface area contributed by atoms with E-state index in [1.165, 1.54) is 12.1 Å². The molecular formula is C29H33FN4O3. The van der Waals surface area contributed by atoms with Crippen LogP contribution in [0, 0.1) is 12.7 Å². The molecule has 1 spiro atoms. The summed E-state index contributed by atoms with van der Waals surface area (Å²) >= 11 is 0. The number of halogens is 1. The van der Waals surface area contributed by atoms with Crippen molar-refractivity contribution in [1.82, 2.24) is 19.4 Å². The van der Waals surface area contributed by atoms with Crippen molar-refractivity contribution in [2.75, 3.05) is 20.2 Å². The summed E-state index contributed by atoms with van der Waals surface area (Å²) in [5, 5.41) is 0. The molecular weight excluding hydrogens is 471 g/mol. The number of benzene rings is 2. The van der Waals surface area contributed by atoms with E-state index in [9.17, 15) is 14.0 Å². The van der Waals surface area contributed by atoms with Crippen LogP contribution in [0.5, 0.6) is 5.75 Å². The van der Waals surface area contributed by atoms with Gasteiger partial charge in [-0.1, -0.05) is 18.2 Å². The first-order valence-electron chi connectivity index (χ1n) is 12.8. The number of ether oxygens (including phenoxy) is 1. The Morgan fingerprint density at radius 2 is 1.95 bits per heavy atom. The highest BCUT2D eigenvalue weighted by Crippen LogP contribution is 2.50. The summed E-state index contributed by atoms with van der Waals surface area (Å²) in [6.07, 6.45) is 5.76. The Labute approximate surface area is 216 Å². The third-order valence-corrected chi connectivity index (χ3v) is 8.08. The second-order valence-corrected chi connectivity index (χ2v) is 10.1. The summed E-state index contributed by atoms with van der Waals surface area (Å²) < 4.78 is 21.2. The Morgan fingerprint density at radius 3 is 2.59 bits per heavy atom. The summed E-state index contributed by atoms with van der Waals surface area (Å²) in [4.78, 5) is 35.2. The summed E-state index contributed by atoms with van der Waals surface area (Å²) in [7, 11) is 1.64. The molecule has 1 aromatic heterocycles. The van der Waals surface area contributed by atoms with E-state index in [1.54, 1.807) is 37.4 Å². The predicted octanol–water partition coefficient (Wildman–Crippen LogP) is 4.79. The van der Waals surface area contributed by atoms with Gasteiger partial charge in [0.25, 0.3) is 0 Å². The molecule has 3 aromatic rings. The molecule has 0 aliphatic carbocycles. The molecule has 37 heavy (non-hydrogen) atoms. The van der Waals surface area contributed by atoms with Crippen LogP contribution in [0.2, 0.25) is 0 Å². The van der Waals surface area contributed by atoms with Gasteiger partial charge in [-0.15, -0.1) is 0 Å².